The molecule has 0 saturated heterocycles. The Labute approximate surface area is 112 Å². The molecule has 0 amide bonds. The molecular formula is C12H21BrN4. The highest BCUT2D eigenvalue weighted by atomic mass is 79.9. The Balaban J connectivity index is 2.45. The Bertz CT molecular complexity index is 354. The number of halogens is 1. The van der Waals surface area contributed by atoms with Crippen LogP contribution in [-0.2, 0) is 0 Å². The van der Waals surface area contributed by atoms with Crippen LogP contribution in [0, 0.1) is 5.92 Å². The Morgan fingerprint density at radius 2 is 2.00 bits per heavy atom. The molecule has 0 fully saturated rings. The van der Waals surface area contributed by atoms with Crippen molar-refractivity contribution in [2.24, 2.45) is 5.92 Å². The number of hydrogen-bond donors (Lipinski definition) is 2. The lowest BCUT2D eigenvalue weighted by Gasteiger charge is -2.16. The summed E-state index contributed by atoms with van der Waals surface area (Å²) in [5, 5.41) is 3.35. The van der Waals surface area contributed by atoms with E-state index in [9.17, 15) is 0 Å². The van der Waals surface area contributed by atoms with Gasteiger partial charge in [-0.3, -0.25) is 0 Å². The second-order valence-corrected chi connectivity index (χ2v) is 5.58. The van der Waals surface area contributed by atoms with Gasteiger partial charge in [-0.05, 0) is 35.2 Å². The maximum absolute atomic E-state index is 5.70. The van der Waals surface area contributed by atoms with Gasteiger partial charge in [0.1, 0.15) is 22.4 Å². The number of aromatic nitrogens is 2. The zero-order valence-corrected chi connectivity index (χ0v) is 12.3. The van der Waals surface area contributed by atoms with Gasteiger partial charge in [-0.2, -0.15) is 0 Å². The first kappa shape index (κ1) is 14.2. The van der Waals surface area contributed by atoms with Gasteiger partial charge in [0, 0.05) is 6.04 Å². The van der Waals surface area contributed by atoms with Crippen molar-refractivity contribution in [2.45, 2.75) is 46.1 Å². The van der Waals surface area contributed by atoms with Crippen molar-refractivity contribution in [1.82, 2.24) is 9.97 Å². The first-order chi connectivity index (χ1) is 8.00. The molecule has 5 heteroatoms. The summed E-state index contributed by atoms with van der Waals surface area (Å²) >= 11 is 3.39. The highest BCUT2D eigenvalue weighted by molar-refractivity contribution is 9.10. The van der Waals surface area contributed by atoms with Crippen LogP contribution in [0.2, 0.25) is 0 Å². The van der Waals surface area contributed by atoms with Crippen molar-refractivity contribution >= 4 is 27.6 Å². The number of nitrogens with two attached hydrogens (primary N) is 1. The second kappa shape index (κ2) is 6.79. The fourth-order valence-electron chi connectivity index (χ4n) is 1.62. The zero-order chi connectivity index (χ0) is 12.8. The number of nitrogens with one attached hydrogen (secondary N) is 1. The molecule has 1 atom stereocenters. The van der Waals surface area contributed by atoms with Crippen molar-refractivity contribution in [1.29, 1.82) is 0 Å². The predicted octanol–water partition coefficient (Wildman–Crippen LogP) is 3.45. The zero-order valence-electron chi connectivity index (χ0n) is 10.7. The topological polar surface area (TPSA) is 63.8 Å². The summed E-state index contributed by atoms with van der Waals surface area (Å²) in [6, 6.07) is 0.388. The largest absolute Gasteiger partial charge is 0.383 e. The van der Waals surface area contributed by atoms with Crippen molar-refractivity contribution < 1.29 is 0 Å². The highest BCUT2D eigenvalue weighted by Gasteiger charge is 2.09. The van der Waals surface area contributed by atoms with Gasteiger partial charge in [-0.25, -0.2) is 9.97 Å². The molecule has 1 heterocycles. The molecule has 4 nitrogen and oxygen atoms in total. The summed E-state index contributed by atoms with van der Waals surface area (Å²) in [4.78, 5) is 8.08. The third-order valence-corrected chi connectivity index (χ3v) is 3.40. The van der Waals surface area contributed by atoms with Gasteiger partial charge in [-0.1, -0.05) is 26.7 Å². The van der Waals surface area contributed by atoms with E-state index in [0.29, 0.717) is 11.9 Å². The molecule has 0 aromatic carbocycles. The third-order valence-electron chi connectivity index (χ3n) is 2.62. The smallest absolute Gasteiger partial charge is 0.146 e. The lowest BCUT2D eigenvalue weighted by atomic mass is 10.0. The first-order valence-electron chi connectivity index (χ1n) is 6.03. The van der Waals surface area contributed by atoms with Crippen LogP contribution in [0.25, 0.3) is 0 Å². The molecule has 1 rings (SSSR count). The van der Waals surface area contributed by atoms with E-state index in [0.717, 1.165) is 22.6 Å². The Morgan fingerprint density at radius 3 is 2.65 bits per heavy atom. The number of hydrogen-bond acceptors (Lipinski definition) is 4. The fourth-order valence-corrected chi connectivity index (χ4v) is 1.94. The summed E-state index contributed by atoms with van der Waals surface area (Å²) in [7, 11) is 0. The molecule has 0 radical (unpaired) electrons. The van der Waals surface area contributed by atoms with E-state index in [1.807, 2.05) is 0 Å². The van der Waals surface area contributed by atoms with E-state index in [4.69, 9.17) is 5.73 Å². The number of nitrogens with zero attached hydrogens (tertiary/aromatic N) is 2. The van der Waals surface area contributed by atoms with Crippen molar-refractivity contribution in [3.63, 3.8) is 0 Å². The maximum Gasteiger partial charge on any atom is 0.146 e. The quantitative estimate of drug-likeness (QED) is 0.844. The molecule has 0 spiro atoms. The third kappa shape index (κ3) is 4.89. The van der Waals surface area contributed by atoms with Gasteiger partial charge in [0.2, 0.25) is 0 Å². The molecule has 96 valence electrons. The van der Waals surface area contributed by atoms with Crippen LogP contribution >= 0.6 is 15.9 Å². The summed E-state index contributed by atoms with van der Waals surface area (Å²) in [5.74, 6) is 2.01. The Hall–Kier alpha value is -0.840. The van der Waals surface area contributed by atoms with Crippen molar-refractivity contribution in [3.05, 3.63) is 10.8 Å². The monoisotopic (exact) mass is 300 g/mol. The van der Waals surface area contributed by atoms with Crippen molar-refractivity contribution in [2.75, 3.05) is 11.1 Å². The molecule has 3 N–H and O–H groups in total. The maximum atomic E-state index is 5.70. The van der Waals surface area contributed by atoms with Gasteiger partial charge < -0.3 is 11.1 Å². The number of nitrogen functional groups attached to an aromatic ring is 1. The summed E-state index contributed by atoms with van der Waals surface area (Å²) < 4.78 is 0.746. The molecule has 0 aliphatic rings. The van der Waals surface area contributed by atoms with E-state index >= 15 is 0 Å². The second-order valence-electron chi connectivity index (χ2n) is 4.79. The molecule has 0 saturated carbocycles. The minimum Gasteiger partial charge on any atom is -0.383 e. The molecule has 1 aromatic heterocycles. The molecule has 0 aliphatic carbocycles. The van der Waals surface area contributed by atoms with Crippen LogP contribution in [0.3, 0.4) is 0 Å². The van der Waals surface area contributed by atoms with Gasteiger partial charge in [0.15, 0.2) is 0 Å². The number of rotatable bonds is 6. The molecule has 17 heavy (non-hydrogen) atoms. The number of anilines is 2. The van der Waals surface area contributed by atoms with Gasteiger partial charge >= 0.3 is 0 Å². The van der Waals surface area contributed by atoms with Crippen LogP contribution in [0.5, 0.6) is 0 Å². The predicted molar refractivity (Wildman–Crippen MR) is 75.9 cm³/mol. The molecule has 1 unspecified atom stereocenters. The summed E-state index contributed by atoms with van der Waals surface area (Å²) in [6.07, 6.45) is 5.10. The highest BCUT2D eigenvalue weighted by Crippen LogP contribution is 2.25. The Kier molecular flexibility index (Phi) is 5.68. The van der Waals surface area contributed by atoms with E-state index in [1.54, 1.807) is 0 Å². The summed E-state index contributed by atoms with van der Waals surface area (Å²) in [6.45, 7) is 6.66. The molecular weight excluding hydrogens is 280 g/mol. The van der Waals surface area contributed by atoms with Crippen LogP contribution in [0.15, 0.2) is 10.8 Å². The van der Waals surface area contributed by atoms with E-state index in [2.05, 4.69) is 52.0 Å². The fraction of sp³-hybridized carbons (Fsp3) is 0.667. The van der Waals surface area contributed by atoms with Gasteiger partial charge in [-0.15, -0.1) is 0 Å². The van der Waals surface area contributed by atoms with Gasteiger partial charge in [0.05, 0.1) is 0 Å². The van der Waals surface area contributed by atoms with Crippen LogP contribution in [-0.4, -0.2) is 16.0 Å². The van der Waals surface area contributed by atoms with Crippen LogP contribution < -0.4 is 11.1 Å². The standard InChI is InChI=1S/C12H21BrN4/c1-8(2)5-4-6-9(3)17-12-10(13)11(14)15-7-16-12/h7-9H,4-6H2,1-3H3,(H3,14,15,16,17). The average Bonchev–Trinajstić information content (AvgIpc) is 2.24. The molecule has 0 bridgehead atoms. The molecule has 0 aliphatic heterocycles. The van der Waals surface area contributed by atoms with E-state index in [1.165, 1.54) is 19.2 Å². The average molecular weight is 301 g/mol. The van der Waals surface area contributed by atoms with Gasteiger partial charge in [0.25, 0.3) is 0 Å². The Morgan fingerprint density at radius 1 is 1.29 bits per heavy atom. The lowest BCUT2D eigenvalue weighted by Crippen LogP contribution is -2.17. The van der Waals surface area contributed by atoms with Crippen LogP contribution in [0.1, 0.15) is 40.0 Å². The minimum absolute atomic E-state index is 0.388. The first-order valence-corrected chi connectivity index (χ1v) is 6.82. The minimum atomic E-state index is 0.388. The van der Waals surface area contributed by atoms with E-state index < -0.39 is 0 Å². The van der Waals surface area contributed by atoms with E-state index in [-0.39, 0.29) is 0 Å². The molecule has 1 aromatic rings. The summed E-state index contributed by atoms with van der Waals surface area (Å²) in [5.41, 5.74) is 5.70. The lowest BCUT2D eigenvalue weighted by molar-refractivity contribution is 0.520. The SMILES string of the molecule is CC(C)CCCC(C)Nc1ncnc(N)c1Br. The van der Waals surface area contributed by atoms with Crippen LogP contribution in [0.4, 0.5) is 11.6 Å². The van der Waals surface area contributed by atoms with Crippen molar-refractivity contribution in [3.8, 4) is 0 Å². The normalized spacial score (nSPS) is 12.8.